The maximum absolute atomic E-state index is 14.3. The molecule has 2 aliphatic heterocycles. The Morgan fingerprint density at radius 3 is 2.55 bits per heavy atom. The van der Waals surface area contributed by atoms with E-state index in [0.717, 1.165) is 17.1 Å². The highest BCUT2D eigenvalue weighted by atomic mass is 32.2. The number of fused-ring (bicyclic) bond motifs is 3. The number of rotatable bonds is 6. The molecule has 1 aromatic heterocycles. The van der Waals surface area contributed by atoms with Crippen LogP contribution in [0.2, 0.25) is 0 Å². The third-order valence-corrected chi connectivity index (χ3v) is 10.2. The quantitative estimate of drug-likeness (QED) is 0.377. The summed E-state index contributed by atoms with van der Waals surface area (Å²) in [4.78, 5) is 65.1. The topological polar surface area (TPSA) is 189 Å². The fourth-order valence-corrected chi connectivity index (χ4v) is 6.68. The lowest BCUT2D eigenvalue weighted by atomic mass is 10.0. The van der Waals surface area contributed by atoms with Crippen molar-refractivity contribution in [1.82, 2.24) is 34.5 Å². The molecule has 4 amide bonds. The average Bonchev–Trinajstić information content (AvgIpc) is 3.55. The molecular weight excluding hydrogens is 654 g/mol. The van der Waals surface area contributed by atoms with Crippen LogP contribution in [0.5, 0.6) is 5.88 Å². The number of allylic oxidation sites excluding steroid dienone is 1. The van der Waals surface area contributed by atoms with Gasteiger partial charge >= 0.3 is 16.3 Å². The van der Waals surface area contributed by atoms with E-state index in [4.69, 9.17) is 9.47 Å². The number of para-hydroxylation sites is 2. The lowest BCUT2D eigenvalue weighted by Gasteiger charge is -2.30. The van der Waals surface area contributed by atoms with E-state index >= 15 is 0 Å². The van der Waals surface area contributed by atoms with E-state index in [1.807, 2.05) is 30.4 Å². The van der Waals surface area contributed by atoms with Crippen LogP contribution in [0.4, 0.5) is 4.79 Å². The van der Waals surface area contributed by atoms with Crippen LogP contribution < -0.4 is 20.1 Å². The molecule has 266 valence electrons. The molecule has 2 aromatic rings. The monoisotopic (exact) mass is 699 g/mol. The van der Waals surface area contributed by atoms with Gasteiger partial charge in [0.15, 0.2) is 0 Å². The number of aromatic nitrogens is 2. The molecular formula is C33H45N7O8S. The van der Waals surface area contributed by atoms with Gasteiger partial charge in [-0.05, 0) is 58.6 Å². The second kappa shape index (κ2) is 14.3. The molecule has 5 atom stereocenters. The van der Waals surface area contributed by atoms with Gasteiger partial charge in [-0.2, -0.15) is 12.7 Å². The van der Waals surface area contributed by atoms with Gasteiger partial charge in [0.05, 0.1) is 23.8 Å². The molecule has 1 aliphatic carbocycles. The second-order valence-electron chi connectivity index (χ2n) is 13.9. The van der Waals surface area contributed by atoms with E-state index < -0.39 is 69.3 Å². The van der Waals surface area contributed by atoms with Crippen molar-refractivity contribution in [3.63, 3.8) is 0 Å². The molecule has 0 bridgehead atoms. The van der Waals surface area contributed by atoms with Crippen molar-refractivity contribution in [3.8, 4) is 5.88 Å². The SMILES string of the molecule is CN(C)S(=O)(=O)NC(=O)[C@@]12C[C@H]1/C=C\CCCCC[C@H](NC(=O)OC(C)(C)C)C(=O)N1C[C@H](Oc3cnc4ccccc4n3)C[C@H]1C(=O)N2. The normalized spacial score (nSPS) is 27.2. The first-order valence-corrected chi connectivity index (χ1v) is 17.9. The van der Waals surface area contributed by atoms with Crippen LogP contribution >= 0.6 is 0 Å². The minimum absolute atomic E-state index is 0.0184. The molecule has 2 fully saturated rings. The zero-order chi connectivity index (χ0) is 35.6. The van der Waals surface area contributed by atoms with Crippen molar-refractivity contribution >= 4 is 45.1 Å². The van der Waals surface area contributed by atoms with E-state index in [1.165, 1.54) is 25.2 Å². The Morgan fingerprint density at radius 1 is 1.10 bits per heavy atom. The molecule has 3 N–H and O–H groups in total. The number of carbonyl (C=O) groups is 4. The van der Waals surface area contributed by atoms with Crippen molar-refractivity contribution in [2.45, 2.75) is 95.0 Å². The molecule has 16 heteroatoms. The summed E-state index contributed by atoms with van der Waals surface area (Å²) >= 11 is 0. The van der Waals surface area contributed by atoms with Crippen LogP contribution in [0.1, 0.15) is 65.7 Å². The lowest BCUT2D eigenvalue weighted by Crippen LogP contribution is -2.58. The van der Waals surface area contributed by atoms with Crippen LogP contribution in [0.25, 0.3) is 11.0 Å². The Bertz CT molecular complexity index is 1730. The lowest BCUT2D eigenvalue weighted by molar-refractivity contribution is -0.141. The predicted molar refractivity (Wildman–Crippen MR) is 179 cm³/mol. The van der Waals surface area contributed by atoms with Crippen molar-refractivity contribution in [2.24, 2.45) is 5.92 Å². The number of alkyl carbamates (subject to hydrolysis) is 1. The van der Waals surface area contributed by atoms with Crippen molar-refractivity contribution in [3.05, 3.63) is 42.6 Å². The van der Waals surface area contributed by atoms with Crippen molar-refractivity contribution < 1.29 is 37.1 Å². The highest BCUT2D eigenvalue weighted by Crippen LogP contribution is 2.45. The number of benzene rings is 1. The van der Waals surface area contributed by atoms with E-state index in [9.17, 15) is 27.6 Å². The van der Waals surface area contributed by atoms with Gasteiger partial charge < -0.3 is 25.0 Å². The average molecular weight is 700 g/mol. The highest BCUT2D eigenvalue weighted by Gasteiger charge is 2.61. The molecule has 49 heavy (non-hydrogen) atoms. The van der Waals surface area contributed by atoms with Gasteiger partial charge in [-0.15, -0.1) is 0 Å². The maximum Gasteiger partial charge on any atom is 0.408 e. The van der Waals surface area contributed by atoms with Gasteiger partial charge in [-0.25, -0.2) is 19.5 Å². The number of nitrogens with zero attached hydrogens (tertiary/aromatic N) is 4. The van der Waals surface area contributed by atoms with E-state index in [1.54, 1.807) is 26.8 Å². The number of amides is 4. The minimum atomic E-state index is -4.15. The maximum atomic E-state index is 14.3. The molecule has 1 saturated carbocycles. The number of nitrogens with one attached hydrogen (secondary N) is 3. The first-order valence-electron chi connectivity index (χ1n) is 16.5. The van der Waals surface area contributed by atoms with Crippen LogP contribution in [0, 0.1) is 5.92 Å². The smallest absolute Gasteiger partial charge is 0.408 e. The van der Waals surface area contributed by atoms with Crippen LogP contribution in [-0.4, -0.2) is 101 Å². The molecule has 3 heterocycles. The molecule has 1 aromatic carbocycles. The first kappa shape index (κ1) is 36.0. The summed E-state index contributed by atoms with van der Waals surface area (Å²) in [5, 5.41) is 5.52. The molecule has 15 nitrogen and oxygen atoms in total. The van der Waals surface area contributed by atoms with E-state index in [-0.39, 0.29) is 25.3 Å². The first-order chi connectivity index (χ1) is 23.1. The molecule has 5 rings (SSSR count). The summed E-state index contributed by atoms with van der Waals surface area (Å²) in [6, 6.07) is 5.16. The zero-order valence-electron chi connectivity index (χ0n) is 28.5. The summed E-state index contributed by atoms with van der Waals surface area (Å²) in [5.41, 5.74) is -1.06. The Hall–Kier alpha value is -4.31. The summed E-state index contributed by atoms with van der Waals surface area (Å²) in [7, 11) is -1.57. The van der Waals surface area contributed by atoms with Gasteiger partial charge in [0.1, 0.15) is 29.3 Å². The Morgan fingerprint density at radius 2 is 1.84 bits per heavy atom. The molecule has 3 aliphatic rings. The van der Waals surface area contributed by atoms with E-state index in [2.05, 4.69) is 25.3 Å². The molecule has 0 unspecified atom stereocenters. The van der Waals surface area contributed by atoms with Crippen LogP contribution in [-0.2, 0) is 29.3 Å². The fourth-order valence-electron chi connectivity index (χ4n) is 6.08. The largest absolute Gasteiger partial charge is 0.471 e. The van der Waals surface area contributed by atoms with Gasteiger partial charge in [-0.1, -0.05) is 37.1 Å². The summed E-state index contributed by atoms with van der Waals surface area (Å²) in [6.07, 6.45) is 7.15. The molecule has 1 saturated heterocycles. The predicted octanol–water partition coefficient (Wildman–Crippen LogP) is 2.19. The third-order valence-electron chi connectivity index (χ3n) is 8.75. The van der Waals surface area contributed by atoms with E-state index in [0.29, 0.717) is 30.3 Å². The summed E-state index contributed by atoms with van der Waals surface area (Å²) in [6.45, 7) is 5.14. The zero-order valence-corrected chi connectivity index (χ0v) is 29.3. The summed E-state index contributed by atoms with van der Waals surface area (Å²) < 4.78 is 39.8. The van der Waals surface area contributed by atoms with Crippen molar-refractivity contribution in [2.75, 3.05) is 20.6 Å². The summed E-state index contributed by atoms with van der Waals surface area (Å²) in [5.74, 6) is -2.27. The number of hydrogen-bond acceptors (Lipinski definition) is 10. The number of hydrogen-bond donors (Lipinski definition) is 3. The second-order valence-corrected chi connectivity index (χ2v) is 15.8. The molecule has 0 radical (unpaired) electrons. The van der Waals surface area contributed by atoms with Gasteiger partial charge in [0.25, 0.3) is 5.91 Å². The fraction of sp³-hybridized carbons (Fsp3) is 0.576. The Balaban J connectivity index is 1.45. The molecule has 0 spiro atoms. The Kier molecular flexibility index (Phi) is 10.5. The van der Waals surface area contributed by atoms with Crippen LogP contribution in [0.3, 0.4) is 0 Å². The van der Waals surface area contributed by atoms with Gasteiger partial charge in [0.2, 0.25) is 17.7 Å². The van der Waals surface area contributed by atoms with Crippen LogP contribution in [0.15, 0.2) is 42.6 Å². The standard InChI is InChI=1S/C33H45N7O8S/c1-32(2,3)48-31(44)36-25-16-10-8-6-7-9-13-21-18-33(21,30(43)38-49(45,46)39(4)5)37-28(41)26-17-22(20-40(26)29(25)42)47-27-19-34-23-14-11-12-15-24(23)35-27/h9,11-15,19,21-22,25-26H,6-8,10,16-18,20H2,1-5H3,(H,36,44)(H,37,41)(H,38,43)/b13-9-/t21-,22-,25+,26+,33-/m1/s1. The third kappa shape index (κ3) is 8.65. The Labute approximate surface area is 286 Å². The number of carbonyl (C=O) groups excluding carboxylic acids is 4. The minimum Gasteiger partial charge on any atom is -0.471 e. The van der Waals surface area contributed by atoms with Gasteiger partial charge in [0, 0.05) is 26.4 Å². The number of ether oxygens (including phenoxy) is 2. The van der Waals surface area contributed by atoms with Crippen molar-refractivity contribution in [1.29, 1.82) is 0 Å². The highest BCUT2D eigenvalue weighted by molar-refractivity contribution is 7.87. The van der Waals surface area contributed by atoms with Gasteiger partial charge in [-0.3, -0.25) is 14.4 Å².